The highest BCUT2D eigenvalue weighted by atomic mass is 127. The van der Waals surface area contributed by atoms with Crippen LogP contribution in [0, 0.1) is 0 Å². The van der Waals surface area contributed by atoms with E-state index in [1.54, 1.807) is 83.1 Å². The van der Waals surface area contributed by atoms with Gasteiger partial charge < -0.3 is 18.4 Å². The number of hydrogen-bond donors (Lipinski definition) is 0. The molecule has 0 aliphatic rings. The highest BCUT2D eigenvalue weighted by Gasteiger charge is 2.37. The van der Waals surface area contributed by atoms with Crippen molar-refractivity contribution in [2.75, 3.05) is 36.1 Å². The molecule has 0 rings (SSSR count). The molecule has 0 aliphatic heterocycles. The van der Waals surface area contributed by atoms with E-state index in [-0.39, 0.29) is 13.5 Å². The second kappa shape index (κ2) is 29.8. The minimum Gasteiger partial charge on any atom is -0.756 e. The summed E-state index contributed by atoms with van der Waals surface area (Å²) in [5.41, 5.74) is -2.73. The van der Waals surface area contributed by atoms with Crippen molar-refractivity contribution in [1.82, 2.24) is 0 Å². The van der Waals surface area contributed by atoms with Crippen molar-refractivity contribution in [3.63, 3.8) is 0 Å². The van der Waals surface area contributed by atoms with E-state index in [2.05, 4.69) is 50.3 Å². The second-order valence-electron chi connectivity index (χ2n) is 15.7. The lowest BCUT2D eigenvalue weighted by Gasteiger charge is -2.39. The minimum atomic E-state index is -4.19. The molecule has 0 aromatic carbocycles. The van der Waals surface area contributed by atoms with Gasteiger partial charge in [0.25, 0.3) is 7.82 Å². The van der Waals surface area contributed by atoms with Crippen LogP contribution in [0.5, 0.6) is 0 Å². The van der Waals surface area contributed by atoms with Gasteiger partial charge in [0, 0.05) is 0 Å². The van der Waals surface area contributed by atoms with E-state index in [4.69, 9.17) is 45.8 Å². The molecule has 9 nitrogen and oxygen atoms in total. The first kappa shape index (κ1) is 59.8. The van der Waals surface area contributed by atoms with Gasteiger partial charge in [0.05, 0.1) is 52.5 Å². The standard InChI is InChI=1S/C16H36N.C9H20ClO4P.C8H19O4P.CH2ClI.CH4/c1-5-9-13-17(14-10-6-2,15-11-7-3)16-12-8-4;1-8(2,3)13-15(11,12-7-10)14-9(4,5)6;1-7(2,3)11-13(9,10)12-8(4,5)6;2-1-3;/h5-16H2,1-4H3;7H2,1-6H3;1-6H3,(H,9,10);1H2;1H4/q+1;;;;/p-1. The number of halogens is 3. The summed E-state index contributed by atoms with van der Waals surface area (Å²) < 4.78 is 50.4. The van der Waals surface area contributed by atoms with Crippen LogP contribution in [0.25, 0.3) is 0 Å². The van der Waals surface area contributed by atoms with Gasteiger partial charge in [-0.15, -0.1) is 11.6 Å². The molecule has 0 heterocycles. The Morgan fingerprint density at radius 1 is 0.571 bits per heavy atom. The summed E-state index contributed by atoms with van der Waals surface area (Å²) in [4.78, 5) is 11.2. The lowest BCUT2D eigenvalue weighted by atomic mass is 10.1. The maximum atomic E-state index is 12.1. The minimum absolute atomic E-state index is 0. The summed E-state index contributed by atoms with van der Waals surface area (Å²) in [5.74, 6) is 0. The fourth-order valence-electron chi connectivity index (χ4n) is 4.14. The molecule has 0 aromatic rings. The van der Waals surface area contributed by atoms with Crippen molar-refractivity contribution in [1.29, 1.82) is 0 Å². The maximum Gasteiger partial charge on any atom is 0.476 e. The molecule has 0 bridgehead atoms. The first-order valence-corrected chi connectivity index (χ1v) is 23.0. The van der Waals surface area contributed by atoms with E-state index in [9.17, 15) is 14.0 Å². The van der Waals surface area contributed by atoms with Crippen LogP contribution in [0.3, 0.4) is 0 Å². The molecule has 0 spiro atoms. The summed E-state index contributed by atoms with van der Waals surface area (Å²) in [5, 5.41) is 0. The maximum absolute atomic E-state index is 12.1. The van der Waals surface area contributed by atoms with Gasteiger partial charge in [-0.1, -0.05) is 95.0 Å². The van der Waals surface area contributed by atoms with Crippen LogP contribution in [0.15, 0.2) is 0 Å². The largest absolute Gasteiger partial charge is 0.756 e. The van der Waals surface area contributed by atoms with E-state index < -0.39 is 38.0 Å². The summed E-state index contributed by atoms with van der Waals surface area (Å²) >= 11 is 12.4. The monoisotopic (exact) mass is 901 g/mol. The van der Waals surface area contributed by atoms with E-state index in [1.165, 1.54) is 82.0 Å². The third-order valence-corrected chi connectivity index (χ3v) is 9.49. The summed E-state index contributed by atoms with van der Waals surface area (Å²) in [6, 6.07) is -0.233. The number of phosphoric acid groups is 2. The Morgan fingerprint density at radius 2 is 0.796 bits per heavy atom. The zero-order chi connectivity index (χ0) is 38.9. The Hall–Kier alpha value is 1.49. The number of quaternary nitrogens is 1. The van der Waals surface area contributed by atoms with Crippen LogP contribution < -0.4 is 4.89 Å². The van der Waals surface area contributed by atoms with Crippen LogP contribution in [-0.4, -0.2) is 63.0 Å². The summed E-state index contributed by atoms with van der Waals surface area (Å²) in [7, 11) is -7.78. The molecule has 0 aliphatic carbocycles. The third kappa shape index (κ3) is 45.6. The molecule has 0 radical (unpaired) electrons. The average Bonchev–Trinajstić information content (AvgIpc) is 2.84. The zero-order valence-electron chi connectivity index (χ0n) is 33.6. The van der Waals surface area contributed by atoms with Gasteiger partial charge in [0.2, 0.25) is 0 Å². The third-order valence-electron chi connectivity index (χ3n) is 5.69. The Bertz CT molecular complexity index is 781. The Morgan fingerprint density at radius 3 is 0.959 bits per heavy atom. The molecule has 0 amide bonds. The SMILES string of the molecule is C.CC(C)(C)OP(=O)(OCCl)OC(C)(C)C.CC(C)(C)OP(=O)([O-])OC(C)(C)C.CCCC[N+](CCCC)(CCCC)CCCC.ClCI. The predicted octanol–water partition coefficient (Wildman–Crippen LogP) is 13.3. The van der Waals surface area contributed by atoms with Gasteiger partial charge in [-0.2, -0.15) is 0 Å². The normalized spacial score (nSPS) is 12.8. The number of alkyl halides is 3. The Kier molecular flexibility index (Phi) is 36.3. The molecule has 0 N–H and O–H groups in total. The quantitative estimate of drug-likeness (QED) is 0.0580. The van der Waals surface area contributed by atoms with Crippen molar-refractivity contribution in [2.45, 2.75) is 192 Å². The van der Waals surface area contributed by atoms with Gasteiger partial charge >= 0.3 is 7.82 Å². The Labute approximate surface area is 328 Å². The van der Waals surface area contributed by atoms with E-state index in [0.717, 1.165) is 0 Å². The Balaban J connectivity index is -0.000000189. The average molecular weight is 903 g/mol. The van der Waals surface area contributed by atoms with Crippen LogP contribution in [-0.2, 0) is 31.7 Å². The highest BCUT2D eigenvalue weighted by Crippen LogP contribution is 2.55. The van der Waals surface area contributed by atoms with Crippen molar-refractivity contribution in [2.24, 2.45) is 0 Å². The van der Waals surface area contributed by atoms with E-state index in [1.807, 2.05) is 0 Å². The van der Waals surface area contributed by atoms with Crippen molar-refractivity contribution in [3.8, 4) is 0 Å². The number of hydrogen-bond acceptors (Lipinski definition) is 8. The topological polar surface area (TPSA) is 103 Å². The van der Waals surface area contributed by atoms with Gasteiger partial charge in [0.15, 0.2) is 0 Å². The molecule has 49 heavy (non-hydrogen) atoms. The second-order valence-corrected chi connectivity index (χ2v) is 20.6. The number of rotatable bonds is 18. The molecule has 0 saturated heterocycles. The molecule has 0 fully saturated rings. The van der Waals surface area contributed by atoms with Crippen LogP contribution in [0.2, 0.25) is 0 Å². The smallest absolute Gasteiger partial charge is 0.476 e. The van der Waals surface area contributed by atoms with Crippen molar-refractivity contribution in [3.05, 3.63) is 0 Å². The molecule has 0 atom stereocenters. The molecular weight excluding hydrogens is 822 g/mol. The zero-order valence-corrected chi connectivity index (χ0v) is 39.1. The van der Waals surface area contributed by atoms with Crippen LogP contribution in [0.1, 0.15) is 170 Å². The van der Waals surface area contributed by atoms with Gasteiger partial charge in [0.1, 0.15) is 6.07 Å². The summed E-state index contributed by atoms with van der Waals surface area (Å²) in [6.45, 7) is 35.6. The number of phosphoric ester groups is 2. The van der Waals surface area contributed by atoms with Gasteiger partial charge in [-0.3, -0.25) is 18.1 Å². The fourth-order valence-corrected chi connectivity index (χ4v) is 7.48. The van der Waals surface area contributed by atoms with Gasteiger partial charge in [-0.25, -0.2) is 4.57 Å². The molecule has 0 aromatic heterocycles. The predicted molar refractivity (Wildman–Crippen MR) is 221 cm³/mol. The number of unbranched alkanes of at least 4 members (excludes halogenated alkanes) is 4. The molecule has 0 saturated carbocycles. The van der Waals surface area contributed by atoms with Crippen molar-refractivity contribution < 1.29 is 41.1 Å². The summed E-state index contributed by atoms with van der Waals surface area (Å²) in [6.07, 6.45) is 11.1. The van der Waals surface area contributed by atoms with Crippen molar-refractivity contribution >= 4 is 61.4 Å². The molecule has 14 heteroatoms. The molecule has 304 valence electrons. The van der Waals surface area contributed by atoms with Crippen LogP contribution >= 0.6 is 61.4 Å². The molecule has 0 unspecified atom stereocenters. The lowest BCUT2D eigenvalue weighted by molar-refractivity contribution is -0.929. The fraction of sp³-hybridized carbons (Fsp3) is 1.00. The highest BCUT2D eigenvalue weighted by molar-refractivity contribution is 14.1. The molecular formula is C35H80Cl2INO8P2. The van der Waals surface area contributed by atoms with E-state index in [0.29, 0.717) is 3.89 Å². The van der Waals surface area contributed by atoms with Crippen LogP contribution in [0.4, 0.5) is 0 Å². The first-order valence-electron chi connectivity index (χ1n) is 17.5. The lowest BCUT2D eigenvalue weighted by Crippen LogP contribution is -2.50. The van der Waals surface area contributed by atoms with Gasteiger partial charge in [-0.05, 0) is 109 Å². The first-order chi connectivity index (χ1) is 21.5. The number of nitrogens with zero attached hydrogens (tertiary/aromatic N) is 1. The van der Waals surface area contributed by atoms with E-state index >= 15 is 0 Å².